The van der Waals surface area contributed by atoms with Crippen LogP contribution >= 0.6 is 36.1 Å². The van der Waals surface area contributed by atoms with Crippen LogP contribution in [0.1, 0.15) is 0 Å². The highest BCUT2D eigenvalue weighted by Gasteiger charge is 2.48. The minimum Gasteiger partial charge on any atom is -0.376 e. The second-order valence-electron chi connectivity index (χ2n) is 5.17. The fourth-order valence-corrected chi connectivity index (χ4v) is 2.74. The van der Waals surface area contributed by atoms with E-state index in [1.54, 1.807) is 0 Å². The van der Waals surface area contributed by atoms with Gasteiger partial charge in [-0.15, -0.1) is 0 Å². The van der Waals surface area contributed by atoms with E-state index < -0.39 is 15.6 Å². The van der Waals surface area contributed by atoms with E-state index in [0.717, 1.165) is 15.7 Å². The number of alkyl halides is 3. The number of hydrogen-bond donors (Lipinski definition) is 0. The van der Waals surface area contributed by atoms with Gasteiger partial charge in [0.15, 0.2) is 0 Å². The summed E-state index contributed by atoms with van der Waals surface area (Å²) in [4.78, 5) is 0. The second kappa shape index (κ2) is 10.7. The molecule has 3 aromatic carbocycles. The Morgan fingerprint density at radius 3 is 1.46 bits per heavy atom. The van der Waals surface area contributed by atoms with E-state index in [2.05, 4.69) is 52.7 Å². The van der Waals surface area contributed by atoms with Gasteiger partial charge in [-0.05, 0) is 58.0 Å². The van der Waals surface area contributed by atoms with Crippen molar-refractivity contribution < 1.29 is 25.8 Å². The Morgan fingerprint density at radius 1 is 0.714 bits per heavy atom. The summed E-state index contributed by atoms with van der Waals surface area (Å²) in [5.74, 6) is -0.368. The lowest BCUT2D eigenvalue weighted by atomic mass is 10.1. The van der Waals surface area contributed by atoms with Gasteiger partial charge in [-0.25, -0.2) is 0 Å². The van der Waals surface area contributed by atoms with Crippen molar-refractivity contribution in [1.29, 1.82) is 0 Å². The van der Waals surface area contributed by atoms with E-state index in [0.29, 0.717) is 0 Å². The molecule has 0 saturated carbocycles. The van der Waals surface area contributed by atoms with Crippen molar-refractivity contribution in [2.75, 3.05) is 0 Å². The van der Waals surface area contributed by atoms with Crippen LogP contribution in [-0.4, -0.2) is 13.9 Å². The Kier molecular flexibility index (Phi) is 9.31. The first-order valence-corrected chi connectivity index (χ1v) is 10.0. The maximum atomic E-state index is 11.9. The fraction of sp³-hybridized carbons (Fsp3) is 0.0526. The molecule has 3 rings (SSSR count). The minimum absolute atomic E-state index is 0. The molecule has 3 nitrogen and oxygen atoms in total. The van der Waals surface area contributed by atoms with Crippen LogP contribution in [0.15, 0.2) is 84.9 Å². The molecule has 0 aliphatic heterocycles. The van der Waals surface area contributed by atoms with Crippen LogP contribution in [0.4, 0.5) is 13.2 Å². The molecular formula is C19H16F3IO3S2. The third kappa shape index (κ3) is 7.36. The molecule has 0 fully saturated rings. The zero-order valence-corrected chi connectivity index (χ0v) is 18.2. The van der Waals surface area contributed by atoms with Crippen molar-refractivity contribution in [3.8, 4) is 16.9 Å². The van der Waals surface area contributed by atoms with Gasteiger partial charge in [-0.1, -0.05) is 60.7 Å². The van der Waals surface area contributed by atoms with Gasteiger partial charge >= 0.3 is 15.6 Å². The normalized spacial score (nSPS) is 10.9. The van der Waals surface area contributed by atoms with E-state index in [1.165, 1.54) is 23.3 Å². The Balaban J connectivity index is 0.000000275. The molecule has 0 aromatic heterocycles. The van der Waals surface area contributed by atoms with Gasteiger partial charge in [0, 0.05) is 3.57 Å². The first-order valence-electron chi connectivity index (χ1n) is 7.56. The molecule has 0 aliphatic rings. The van der Waals surface area contributed by atoms with Crippen molar-refractivity contribution in [2.45, 2.75) is 5.51 Å². The van der Waals surface area contributed by atoms with Crippen molar-refractivity contribution in [2.24, 2.45) is 0 Å². The van der Waals surface area contributed by atoms with Crippen LogP contribution in [0.2, 0.25) is 0 Å². The molecule has 0 amide bonds. The minimum atomic E-state index is -5.57. The SMILES string of the molecule is O=S(=O)(Oc1ccc(I)cc1)C(F)(F)F.S.c1ccc(-c2ccccc2)cc1. The van der Waals surface area contributed by atoms with Crippen LogP contribution < -0.4 is 4.18 Å². The molecule has 0 spiro atoms. The summed E-state index contributed by atoms with van der Waals surface area (Å²) < 4.78 is 61.4. The summed E-state index contributed by atoms with van der Waals surface area (Å²) in [6.07, 6.45) is 0. The summed E-state index contributed by atoms with van der Waals surface area (Å²) >= 11 is 1.92. The lowest BCUT2D eigenvalue weighted by molar-refractivity contribution is -0.0500. The van der Waals surface area contributed by atoms with E-state index in [1.807, 2.05) is 34.7 Å². The van der Waals surface area contributed by atoms with E-state index in [-0.39, 0.29) is 19.2 Å². The lowest BCUT2D eigenvalue weighted by Crippen LogP contribution is -2.28. The average Bonchev–Trinajstić information content (AvgIpc) is 2.65. The van der Waals surface area contributed by atoms with Crippen LogP contribution in [0.5, 0.6) is 5.75 Å². The molecule has 150 valence electrons. The second-order valence-corrected chi connectivity index (χ2v) is 7.95. The standard InChI is InChI=1S/C12H10.C7H4F3IO3S.H2S/c1-3-7-11(8-4-1)12-9-5-2-6-10-12;8-7(9,10)15(12,13)14-6-3-1-5(11)2-4-6;/h1-10H;1-4H;1H2. The lowest BCUT2D eigenvalue weighted by Gasteiger charge is -2.08. The van der Waals surface area contributed by atoms with Crippen LogP contribution in [0, 0.1) is 3.57 Å². The molecule has 0 bridgehead atoms. The van der Waals surface area contributed by atoms with E-state index >= 15 is 0 Å². The Morgan fingerprint density at radius 2 is 1.11 bits per heavy atom. The third-order valence-corrected chi connectivity index (χ3v) is 4.88. The highest BCUT2D eigenvalue weighted by Crippen LogP contribution is 2.27. The Labute approximate surface area is 182 Å². The molecule has 0 radical (unpaired) electrons. The summed E-state index contributed by atoms with van der Waals surface area (Å²) in [6, 6.07) is 25.9. The van der Waals surface area contributed by atoms with Crippen molar-refractivity contribution in [3.63, 3.8) is 0 Å². The predicted molar refractivity (Wildman–Crippen MR) is 117 cm³/mol. The van der Waals surface area contributed by atoms with Gasteiger partial charge in [0.2, 0.25) is 0 Å². The number of rotatable bonds is 3. The molecule has 0 N–H and O–H groups in total. The van der Waals surface area contributed by atoms with Crippen molar-refractivity contribution >= 4 is 46.2 Å². The topological polar surface area (TPSA) is 43.4 Å². The Hall–Kier alpha value is -1.72. The van der Waals surface area contributed by atoms with Gasteiger partial charge in [0.05, 0.1) is 0 Å². The number of hydrogen-bond acceptors (Lipinski definition) is 3. The average molecular weight is 540 g/mol. The predicted octanol–water partition coefficient (Wildman–Crippen LogP) is 5.99. The van der Waals surface area contributed by atoms with E-state index in [4.69, 9.17) is 0 Å². The summed E-state index contributed by atoms with van der Waals surface area (Å²) in [5.41, 5.74) is -2.85. The quantitative estimate of drug-likeness (QED) is 0.233. The zero-order valence-electron chi connectivity index (χ0n) is 14.2. The van der Waals surface area contributed by atoms with Crippen LogP contribution in [-0.2, 0) is 10.1 Å². The maximum Gasteiger partial charge on any atom is 0.534 e. The first kappa shape index (κ1) is 24.3. The summed E-state index contributed by atoms with van der Waals surface area (Å²) in [6.45, 7) is 0. The van der Waals surface area contributed by atoms with Crippen LogP contribution in [0.25, 0.3) is 11.1 Å². The van der Waals surface area contributed by atoms with Gasteiger partial charge < -0.3 is 4.18 Å². The van der Waals surface area contributed by atoms with Crippen molar-refractivity contribution in [3.05, 3.63) is 88.5 Å². The number of benzene rings is 3. The molecule has 28 heavy (non-hydrogen) atoms. The van der Waals surface area contributed by atoms with Gasteiger partial charge in [0.1, 0.15) is 5.75 Å². The molecule has 0 heterocycles. The molecule has 0 atom stereocenters. The molecule has 0 aliphatic carbocycles. The summed E-state index contributed by atoms with van der Waals surface area (Å²) in [5, 5.41) is 0. The maximum absolute atomic E-state index is 11.9. The molecule has 3 aromatic rings. The molecule has 0 unspecified atom stereocenters. The summed E-state index contributed by atoms with van der Waals surface area (Å²) in [7, 11) is -5.57. The molecule has 0 saturated heterocycles. The Bertz CT molecular complexity index is 910. The zero-order chi connectivity index (χ0) is 19.9. The smallest absolute Gasteiger partial charge is 0.376 e. The fourth-order valence-electron chi connectivity index (χ4n) is 1.93. The molecular weight excluding hydrogens is 524 g/mol. The van der Waals surface area contributed by atoms with Gasteiger partial charge in [-0.3, -0.25) is 0 Å². The van der Waals surface area contributed by atoms with E-state index in [9.17, 15) is 21.6 Å². The monoisotopic (exact) mass is 540 g/mol. The largest absolute Gasteiger partial charge is 0.534 e. The van der Waals surface area contributed by atoms with Gasteiger partial charge in [0.25, 0.3) is 0 Å². The first-order chi connectivity index (χ1) is 12.7. The molecule has 9 heteroatoms. The highest BCUT2D eigenvalue weighted by atomic mass is 127. The number of halogens is 4. The van der Waals surface area contributed by atoms with Crippen molar-refractivity contribution in [1.82, 2.24) is 0 Å². The highest BCUT2D eigenvalue weighted by molar-refractivity contribution is 14.1. The van der Waals surface area contributed by atoms with Crippen LogP contribution in [0.3, 0.4) is 0 Å². The third-order valence-electron chi connectivity index (χ3n) is 3.18. The van der Waals surface area contributed by atoms with Gasteiger partial charge in [-0.2, -0.15) is 35.1 Å².